The van der Waals surface area contributed by atoms with Gasteiger partial charge in [0.05, 0.1) is 37.3 Å². The number of carbonyl (C=O) groups excluding carboxylic acids is 2. The van der Waals surface area contributed by atoms with Crippen molar-refractivity contribution in [1.29, 1.82) is 0 Å². The molecule has 0 saturated carbocycles. The summed E-state index contributed by atoms with van der Waals surface area (Å²) in [6, 6.07) is 24.0. The van der Waals surface area contributed by atoms with Gasteiger partial charge in [-0.2, -0.15) is 0 Å². The summed E-state index contributed by atoms with van der Waals surface area (Å²) in [6.07, 6.45) is 3.22. The van der Waals surface area contributed by atoms with Crippen LogP contribution in [-0.4, -0.2) is 74.5 Å². The van der Waals surface area contributed by atoms with Crippen molar-refractivity contribution in [3.8, 4) is 22.3 Å². The maximum atomic E-state index is 14.2. The Labute approximate surface area is 371 Å². The van der Waals surface area contributed by atoms with Crippen LogP contribution in [0.5, 0.6) is 0 Å². The number of methoxy groups -OCH3 is 1. The van der Waals surface area contributed by atoms with E-state index < -0.39 is 30.6 Å². The molecule has 0 saturated heterocycles. The number of aliphatic hydroxyl groups excluding tert-OH is 1. The Bertz CT molecular complexity index is 1990. The molecule has 4 rings (SSSR count). The normalized spacial score (nSPS) is 14.1. The van der Waals surface area contributed by atoms with Crippen molar-refractivity contribution in [3.05, 3.63) is 118 Å². The second-order valence-electron chi connectivity index (χ2n) is 16.5. The van der Waals surface area contributed by atoms with E-state index in [0.717, 1.165) is 22.3 Å². The zero-order valence-corrected chi connectivity index (χ0v) is 37.9. The van der Waals surface area contributed by atoms with Crippen molar-refractivity contribution in [2.45, 2.75) is 79.7 Å². The Balaban J connectivity index is 0.000000325. The van der Waals surface area contributed by atoms with Gasteiger partial charge in [0, 0.05) is 28.3 Å². The number of esters is 2. The molecule has 0 aliphatic carbocycles. The highest BCUT2D eigenvalue weighted by Gasteiger charge is 2.39. The third kappa shape index (κ3) is 16.1. The van der Waals surface area contributed by atoms with Gasteiger partial charge in [-0.15, -0.1) is 0 Å². The molecule has 4 atom stereocenters. The molecule has 0 spiro atoms. The third-order valence-corrected chi connectivity index (χ3v) is 11.1. The molecule has 0 aliphatic heterocycles. The van der Waals surface area contributed by atoms with E-state index in [4.69, 9.17) is 37.4 Å². The number of rotatable bonds is 21. The van der Waals surface area contributed by atoms with Crippen LogP contribution in [0.2, 0.25) is 36.3 Å². The van der Waals surface area contributed by atoms with Gasteiger partial charge in [0.25, 0.3) is 13.8 Å². The molecule has 0 heterocycles. The average Bonchev–Trinajstić information content (AvgIpc) is 3.20. The standard InChI is InChI=1S/C24H31BClFO4.C23H29BClFO4/c1-5-31-23(28)24(2,16-30-4)14-18(15-25(3)29)12-17-6-8-19(9-7-17)21-13-20(26)10-11-22(21)27;1-4-30-22(28)23(2,15-27)13-17(14-24(3)29)11-16-5-7-18(8-6-16)20-12-19(25)9-10-21(20)26/h6-11,13,18,29H,5,12,14-16H2,1-4H3;5-10,12,17,27,29H,4,11,13-15H2,1-3H3/t18-,24+;17-,23+/m11/s1. The Kier molecular flexibility index (Phi) is 20.9. The number of halogens is 4. The lowest BCUT2D eigenvalue weighted by Crippen LogP contribution is -2.37. The lowest BCUT2D eigenvalue weighted by molar-refractivity contribution is -0.159. The second-order valence-corrected chi connectivity index (χ2v) is 17.4. The van der Waals surface area contributed by atoms with E-state index in [1.807, 2.05) is 55.5 Å². The predicted molar refractivity (Wildman–Crippen MR) is 243 cm³/mol. The SMILES string of the molecule is CCOC(=O)[C@](C)(CO)C[C@H](CB(C)O)Cc1ccc(-c2cc(Cl)ccc2F)cc1.CCOC(=O)[C@](C)(COC)C[C@H](CB(C)O)Cc1ccc(-c2cc(Cl)ccc2F)cc1. The fourth-order valence-electron chi connectivity index (χ4n) is 7.80. The topological polar surface area (TPSA) is 123 Å². The maximum Gasteiger partial charge on any atom is 0.314 e. The summed E-state index contributed by atoms with van der Waals surface area (Å²) in [5.41, 5.74) is 2.56. The van der Waals surface area contributed by atoms with Gasteiger partial charge in [-0.25, -0.2) is 8.78 Å². The number of aliphatic hydroxyl groups is 1. The Morgan fingerprint density at radius 1 is 0.672 bits per heavy atom. The first kappa shape index (κ1) is 51.6. The zero-order chi connectivity index (χ0) is 45.3. The van der Waals surface area contributed by atoms with Crippen LogP contribution in [0.15, 0.2) is 84.9 Å². The first-order valence-corrected chi connectivity index (χ1v) is 21.5. The van der Waals surface area contributed by atoms with Crippen molar-refractivity contribution in [3.63, 3.8) is 0 Å². The van der Waals surface area contributed by atoms with Gasteiger partial charge >= 0.3 is 11.9 Å². The smallest absolute Gasteiger partial charge is 0.314 e. The van der Waals surface area contributed by atoms with E-state index in [1.165, 1.54) is 24.3 Å². The summed E-state index contributed by atoms with van der Waals surface area (Å²) < 4.78 is 44.0. The molecule has 14 heteroatoms. The Hall–Kier alpha value is -3.77. The summed E-state index contributed by atoms with van der Waals surface area (Å²) in [6.45, 7) is 9.92. The van der Waals surface area contributed by atoms with Crippen molar-refractivity contribution in [2.24, 2.45) is 22.7 Å². The Morgan fingerprint density at radius 3 is 1.39 bits per heavy atom. The minimum absolute atomic E-state index is 0.0401. The van der Waals surface area contributed by atoms with Gasteiger partial charge < -0.3 is 29.4 Å². The number of ether oxygens (including phenoxy) is 3. The van der Waals surface area contributed by atoms with Crippen molar-refractivity contribution >= 4 is 49.0 Å². The number of hydrogen-bond donors (Lipinski definition) is 3. The van der Waals surface area contributed by atoms with Crippen LogP contribution in [-0.2, 0) is 36.6 Å². The van der Waals surface area contributed by atoms with E-state index in [2.05, 4.69) is 0 Å². The van der Waals surface area contributed by atoms with Crippen LogP contribution in [0, 0.1) is 34.3 Å². The van der Waals surface area contributed by atoms with E-state index in [0.29, 0.717) is 66.1 Å². The quantitative estimate of drug-likeness (QED) is 0.0559. The molecule has 0 amide bonds. The van der Waals surface area contributed by atoms with Crippen LogP contribution in [0.3, 0.4) is 0 Å². The van der Waals surface area contributed by atoms with Crippen LogP contribution >= 0.6 is 23.2 Å². The first-order chi connectivity index (χ1) is 28.9. The fraction of sp³-hybridized carbons (Fsp3) is 0.447. The van der Waals surface area contributed by atoms with Crippen LogP contribution in [0.1, 0.15) is 51.7 Å². The molecule has 0 aliphatic rings. The molecule has 0 aromatic heterocycles. The highest BCUT2D eigenvalue weighted by atomic mass is 35.5. The number of benzene rings is 4. The van der Waals surface area contributed by atoms with Gasteiger partial charge in [-0.3, -0.25) is 9.59 Å². The summed E-state index contributed by atoms with van der Waals surface area (Å²) in [5, 5.41) is 30.7. The molecule has 0 bridgehead atoms. The number of carbonyl (C=O) groups is 2. The largest absolute Gasteiger partial charge is 0.466 e. The molecular weight excluding hydrogens is 823 g/mol. The monoisotopic (exact) mass is 882 g/mol. The van der Waals surface area contributed by atoms with E-state index >= 15 is 0 Å². The highest BCUT2D eigenvalue weighted by molar-refractivity contribution is 6.48. The minimum atomic E-state index is -1.03. The molecule has 0 radical (unpaired) electrons. The fourth-order valence-corrected chi connectivity index (χ4v) is 8.15. The number of hydrogen-bond acceptors (Lipinski definition) is 8. The van der Waals surface area contributed by atoms with Crippen LogP contribution in [0.25, 0.3) is 22.3 Å². The molecule has 3 N–H and O–H groups in total. The molecule has 8 nitrogen and oxygen atoms in total. The maximum absolute atomic E-state index is 14.2. The van der Waals surface area contributed by atoms with Gasteiger partial charge in [0.1, 0.15) is 11.6 Å². The van der Waals surface area contributed by atoms with Crippen molar-refractivity contribution < 1.29 is 47.7 Å². The lowest BCUT2D eigenvalue weighted by atomic mass is 9.60. The van der Waals surface area contributed by atoms with Crippen LogP contribution in [0.4, 0.5) is 8.78 Å². The third-order valence-electron chi connectivity index (χ3n) is 10.6. The van der Waals surface area contributed by atoms with E-state index in [-0.39, 0.29) is 49.3 Å². The second kappa shape index (κ2) is 24.8. The minimum Gasteiger partial charge on any atom is -0.466 e. The first-order valence-electron chi connectivity index (χ1n) is 20.8. The Morgan fingerprint density at radius 2 is 1.05 bits per heavy atom. The van der Waals surface area contributed by atoms with Crippen molar-refractivity contribution in [2.75, 3.05) is 33.5 Å². The lowest BCUT2D eigenvalue weighted by Gasteiger charge is -2.31. The van der Waals surface area contributed by atoms with Gasteiger partial charge in [0.2, 0.25) is 0 Å². The van der Waals surface area contributed by atoms with Gasteiger partial charge in [0.15, 0.2) is 0 Å². The van der Waals surface area contributed by atoms with E-state index in [1.54, 1.807) is 53.7 Å². The molecule has 330 valence electrons. The van der Waals surface area contributed by atoms with Crippen LogP contribution < -0.4 is 0 Å². The summed E-state index contributed by atoms with van der Waals surface area (Å²) in [7, 11) is 1.56. The highest BCUT2D eigenvalue weighted by Crippen LogP contribution is 2.35. The molecule has 4 aromatic carbocycles. The molecule has 0 fully saturated rings. The molecule has 61 heavy (non-hydrogen) atoms. The predicted octanol–water partition coefficient (Wildman–Crippen LogP) is 10.4. The summed E-state index contributed by atoms with van der Waals surface area (Å²) in [4.78, 5) is 24.9. The summed E-state index contributed by atoms with van der Waals surface area (Å²) >= 11 is 12.0. The molecular formula is C47H60B2Cl2F2O8. The molecule has 0 unspecified atom stereocenters. The zero-order valence-electron chi connectivity index (χ0n) is 36.4. The molecule has 4 aromatic rings. The van der Waals surface area contributed by atoms with Gasteiger partial charge in [-0.05, 0) is 137 Å². The van der Waals surface area contributed by atoms with E-state index in [9.17, 15) is 33.5 Å². The van der Waals surface area contributed by atoms with Gasteiger partial charge in [-0.1, -0.05) is 85.4 Å². The average molecular weight is 884 g/mol. The summed E-state index contributed by atoms with van der Waals surface area (Å²) in [5.74, 6) is -1.39. The van der Waals surface area contributed by atoms with Crippen molar-refractivity contribution in [1.82, 2.24) is 0 Å².